The Morgan fingerprint density at radius 3 is 2.12 bits per heavy atom. The van der Waals surface area contributed by atoms with Crippen LogP contribution in [-0.4, -0.2) is 5.11 Å². The van der Waals surface area contributed by atoms with E-state index in [0.717, 1.165) is 35.1 Å². The van der Waals surface area contributed by atoms with Crippen LogP contribution in [0, 0.1) is 20.8 Å². The molecule has 0 aliphatic heterocycles. The Hall–Kier alpha value is -0.730. The minimum absolute atomic E-state index is 0.198. The summed E-state index contributed by atoms with van der Waals surface area (Å²) in [4.78, 5) is 0. The van der Waals surface area contributed by atoms with Crippen LogP contribution in [0.2, 0.25) is 5.02 Å². The first-order valence-electron chi connectivity index (χ1n) is 5.66. The van der Waals surface area contributed by atoms with Crippen LogP contribution in [0.1, 0.15) is 41.5 Å². The third kappa shape index (κ3) is 1.44. The summed E-state index contributed by atoms with van der Waals surface area (Å²) < 4.78 is 0. The standard InChI is InChI=1S/C13H18ClNO/c1-7-8(2)12(16)11(14)9(3)10(7)13(15)5-4-6-13/h16H,4-6,15H2,1-3H3. The number of phenolic OH excluding ortho intramolecular Hbond substituents is 1. The first-order valence-corrected chi connectivity index (χ1v) is 6.04. The van der Waals surface area contributed by atoms with Crippen molar-refractivity contribution in [2.24, 2.45) is 5.73 Å². The van der Waals surface area contributed by atoms with Gasteiger partial charge in [-0.05, 0) is 62.3 Å². The number of nitrogens with two attached hydrogens (primary N) is 1. The Balaban J connectivity index is 2.70. The number of halogens is 1. The fraction of sp³-hybridized carbons (Fsp3) is 0.538. The molecule has 1 aliphatic carbocycles. The molecule has 1 saturated carbocycles. The zero-order valence-electron chi connectivity index (χ0n) is 10.0. The van der Waals surface area contributed by atoms with Crippen LogP contribution in [0.4, 0.5) is 0 Å². The molecule has 16 heavy (non-hydrogen) atoms. The summed E-state index contributed by atoms with van der Waals surface area (Å²) in [6.45, 7) is 5.85. The van der Waals surface area contributed by atoms with E-state index in [-0.39, 0.29) is 11.3 Å². The van der Waals surface area contributed by atoms with E-state index < -0.39 is 0 Å². The molecular formula is C13H18ClNO. The van der Waals surface area contributed by atoms with Gasteiger partial charge in [-0.1, -0.05) is 11.6 Å². The number of hydrogen-bond donors (Lipinski definition) is 2. The molecule has 0 saturated heterocycles. The van der Waals surface area contributed by atoms with E-state index in [2.05, 4.69) is 0 Å². The normalized spacial score (nSPS) is 18.3. The second-order valence-corrected chi connectivity index (χ2v) is 5.30. The third-order valence-electron chi connectivity index (χ3n) is 3.95. The van der Waals surface area contributed by atoms with E-state index in [0.29, 0.717) is 5.02 Å². The Kier molecular flexibility index (Phi) is 2.67. The lowest BCUT2D eigenvalue weighted by molar-refractivity contribution is 0.251. The minimum Gasteiger partial charge on any atom is -0.506 e. The molecule has 1 aliphatic rings. The van der Waals surface area contributed by atoms with Crippen LogP contribution < -0.4 is 5.73 Å². The predicted molar refractivity (Wildman–Crippen MR) is 67.0 cm³/mol. The van der Waals surface area contributed by atoms with Crippen LogP contribution in [-0.2, 0) is 5.54 Å². The van der Waals surface area contributed by atoms with Crippen molar-refractivity contribution < 1.29 is 5.11 Å². The Morgan fingerprint density at radius 2 is 1.69 bits per heavy atom. The number of rotatable bonds is 1. The summed E-state index contributed by atoms with van der Waals surface area (Å²) in [7, 11) is 0. The topological polar surface area (TPSA) is 46.2 Å². The quantitative estimate of drug-likeness (QED) is 0.790. The Labute approximate surface area is 101 Å². The van der Waals surface area contributed by atoms with Gasteiger partial charge in [-0.3, -0.25) is 0 Å². The van der Waals surface area contributed by atoms with Crippen molar-refractivity contribution in [3.8, 4) is 5.75 Å². The molecule has 0 radical (unpaired) electrons. The summed E-state index contributed by atoms with van der Waals surface area (Å²) in [5.41, 5.74) is 10.2. The van der Waals surface area contributed by atoms with Gasteiger partial charge in [0.25, 0.3) is 0 Å². The highest BCUT2D eigenvalue weighted by Gasteiger charge is 2.38. The van der Waals surface area contributed by atoms with Gasteiger partial charge in [-0.15, -0.1) is 0 Å². The number of aromatic hydroxyl groups is 1. The predicted octanol–water partition coefficient (Wildman–Crippen LogP) is 3.31. The van der Waals surface area contributed by atoms with E-state index in [9.17, 15) is 5.11 Å². The van der Waals surface area contributed by atoms with E-state index in [1.165, 1.54) is 6.42 Å². The molecule has 0 heterocycles. The van der Waals surface area contributed by atoms with Gasteiger partial charge >= 0.3 is 0 Å². The zero-order chi connectivity index (χ0) is 12.1. The first-order chi connectivity index (χ1) is 7.38. The van der Waals surface area contributed by atoms with Crippen molar-refractivity contribution in [1.29, 1.82) is 0 Å². The SMILES string of the molecule is Cc1c(C)c(C2(N)CCC2)c(C)c(Cl)c1O. The second-order valence-electron chi connectivity index (χ2n) is 4.92. The number of hydrogen-bond acceptors (Lipinski definition) is 2. The van der Waals surface area contributed by atoms with Crippen LogP contribution in [0.5, 0.6) is 5.75 Å². The van der Waals surface area contributed by atoms with Gasteiger partial charge in [0, 0.05) is 5.54 Å². The maximum Gasteiger partial charge on any atom is 0.137 e. The largest absolute Gasteiger partial charge is 0.506 e. The monoisotopic (exact) mass is 239 g/mol. The molecule has 1 fully saturated rings. The smallest absolute Gasteiger partial charge is 0.137 e. The average molecular weight is 240 g/mol. The molecular weight excluding hydrogens is 222 g/mol. The summed E-state index contributed by atoms with van der Waals surface area (Å²) in [6, 6.07) is 0. The molecule has 1 aromatic carbocycles. The van der Waals surface area contributed by atoms with Gasteiger partial charge in [-0.25, -0.2) is 0 Å². The summed E-state index contributed by atoms with van der Waals surface area (Å²) >= 11 is 6.14. The summed E-state index contributed by atoms with van der Waals surface area (Å²) in [5, 5.41) is 10.3. The van der Waals surface area contributed by atoms with Crippen LogP contribution >= 0.6 is 11.6 Å². The Bertz CT molecular complexity index is 421. The highest BCUT2D eigenvalue weighted by Crippen LogP contribution is 2.46. The van der Waals surface area contributed by atoms with E-state index in [4.69, 9.17) is 17.3 Å². The maximum atomic E-state index is 9.88. The average Bonchev–Trinajstić information content (AvgIpc) is 2.21. The van der Waals surface area contributed by atoms with Crippen molar-refractivity contribution in [2.75, 3.05) is 0 Å². The van der Waals surface area contributed by atoms with Gasteiger partial charge in [-0.2, -0.15) is 0 Å². The third-order valence-corrected chi connectivity index (χ3v) is 4.41. The van der Waals surface area contributed by atoms with Gasteiger partial charge in [0.05, 0.1) is 5.02 Å². The lowest BCUT2D eigenvalue weighted by Gasteiger charge is -2.41. The lowest BCUT2D eigenvalue weighted by Crippen LogP contribution is -2.44. The molecule has 0 bridgehead atoms. The molecule has 3 N–H and O–H groups in total. The van der Waals surface area contributed by atoms with Crippen molar-refractivity contribution >= 4 is 11.6 Å². The molecule has 88 valence electrons. The van der Waals surface area contributed by atoms with E-state index in [1.54, 1.807) is 0 Å². The zero-order valence-corrected chi connectivity index (χ0v) is 10.8. The fourth-order valence-electron chi connectivity index (χ4n) is 2.65. The van der Waals surface area contributed by atoms with Gasteiger partial charge in [0.1, 0.15) is 5.75 Å². The minimum atomic E-state index is -0.226. The Morgan fingerprint density at radius 1 is 1.12 bits per heavy atom. The molecule has 0 amide bonds. The second kappa shape index (κ2) is 3.64. The highest BCUT2D eigenvalue weighted by atomic mass is 35.5. The maximum absolute atomic E-state index is 9.88. The first kappa shape index (κ1) is 11.7. The van der Waals surface area contributed by atoms with E-state index in [1.807, 2.05) is 20.8 Å². The van der Waals surface area contributed by atoms with E-state index >= 15 is 0 Å². The van der Waals surface area contributed by atoms with Gasteiger partial charge < -0.3 is 10.8 Å². The molecule has 1 aromatic rings. The van der Waals surface area contributed by atoms with Crippen molar-refractivity contribution in [1.82, 2.24) is 0 Å². The van der Waals surface area contributed by atoms with Crippen molar-refractivity contribution in [2.45, 2.75) is 45.6 Å². The molecule has 0 atom stereocenters. The fourth-order valence-corrected chi connectivity index (χ4v) is 2.89. The molecule has 2 rings (SSSR count). The molecule has 0 unspecified atom stereocenters. The van der Waals surface area contributed by atoms with Crippen LogP contribution in [0.3, 0.4) is 0 Å². The van der Waals surface area contributed by atoms with Crippen molar-refractivity contribution in [3.63, 3.8) is 0 Å². The number of phenols is 1. The van der Waals surface area contributed by atoms with Crippen LogP contribution in [0.25, 0.3) is 0 Å². The molecule has 3 heteroatoms. The van der Waals surface area contributed by atoms with Gasteiger partial charge in [0.2, 0.25) is 0 Å². The summed E-state index contributed by atoms with van der Waals surface area (Å²) in [5.74, 6) is 0.198. The summed E-state index contributed by atoms with van der Waals surface area (Å²) in [6.07, 6.45) is 3.19. The van der Waals surface area contributed by atoms with Crippen LogP contribution in [0.15, 0.2) is 0 Å². The van der Waals surface area contributed by atoms with Crippen molar-refractivity contribution in [3.05, 3.63) is 27.3 Å². The molecule has 0 aromatic heterocycles. The highest BCUT2D eigenvalue weighted by molar-refractivity contribution is 6.33. The lowest BCUT2D eigenvalue weighted by atomic mass is 9.69. The molecule has 0 spiro atoms. The molecule has 2 nitrogen and oxygen atoms in total. The number of benzene rings is 1. The van der Waals surface area contributed by atoms with Gasteiger partial charge in [0.15, 0.2) is 0 Å².